The summed E-state index contributed by atoms with van der Waals surface area (Å²) in [6.45, 7) is 3.68. The molecule has 3 amide bonds. The maximum atomic E-state index is 12.5. The number of nitrogens with zero attached hydrogens (tertiary/aromatic N) is 4. The number of hydrogen-bond acceptors (Lipinski definition) is 7. The lowest BCUT2D eigenvalue weighted by Crippen LogP contribution is -2.40. The molecule has 3 rings (SSSR count). The molecule has 1 saturated heterocycles. The number of carbonyl (C=O) groups excluding carboxylic acids is 3. The number of anilines is 4. The molecule has 0 saturated carbocycles. The summed E-state index contributed by atoms with van der Waals surface area (Å²) in [7, 11) is 7.20. The second-order valence-corrected chi connectivity index (χ2v) is 9.28. The number of nitrogens with two attached hydrogens (primary N) is 1. The van der Waals surface area contributed by atoms with Crippen molar-refractivity contribution in [2.45, 2.75) is 19.8 Å². The number of rotatable bonds is 8. The Kier molecular flexibility index (Phi) is 8.16. The van der Waals surface area contributed by atoms with Gasteiger partial charge in [0.2, 0.25) is 5.91 Å². The molecule has 0 radical (unpaired) electrons. The molecule has 1 aromatic heterocycles. The van der Waals surface area contributed by atoms with Gasteiger partial charge in [-0.1, -0.05) is 0 Å². The molecule has 0 spiro atoms. The van der Waals surface area contributed by atoms with Crippen LogP contribution in [-0.2, 0) is 4.79 Å². The standard InChI is InChI=1S/C25H35N7O3/c1-16(33)32-10-6-7-17(15-32)13-27-21-12-23(28-14-20(21)24(26)34)29-18-8-9-19(25(35)31(4)5)22(11-18)30(2)3/h8-9,11-12,14,17H,6-7,10,13,15H2,1-5H3,(H2,26,34)(H2,27,28,29)/t17-/m1/s1. The van der Waals surface area contributed by atoms with Gasteiger partial charge in [0, 0.05) is 72.7 Å². The van der Waals surface area contributed by atoms with Crippen molar-refractivity contribution in [2.75, 3.05) is 63.4 Å². The van der Waals surface area contributed by atoms with E-state index in [1.54, 1.807) is 38.1 Å². The maximum absolute atomic E-state index is 12.5. The summed E-state index contributed by atoms with van der Waals surface area (Å²) >= 11 is 0. The fourth-order valence-corrected chi connectivity index (χ4v) is 4.19. The monoisotopic (exact) mass is 481 g/mol. The molecular formula is C25H35N7O3. The molecule has 10 nitrogen and oxygen atoms in total. The zero-order valence-corrected chi connectivity index (χ0v) is 21.1. The Balaban J connectivity index is 1.80. The Morgan fingerprint density at radius 1 is 1.14 bits per heavy atom. The van der Waals surface area contributed by atoms with E-state index < -0.39 is 5.91 Å². The molecule has 1 aromatic carbocycles. The first-order valence-corrected chi connectivity index (χ1v) is 11.7. The summed E-state index contributed by atoms with van der Waals surface area (Å²) in [5.41, 5.74) is 8.58. The van der Waals surface area contributed by atoms with Crippen molar-refractivity contribution >= 4 is 40.6 Å². The minimum Gasteiger partial charge on any atom is -0.384 e. The molecule has 0 bridgehead atoms. The molecule has 4 N–H and O–H groups in total. The zero-order valence-electron chi connectivity index (χ0n) is 21.1. The predicted molar refractivity (Wildman–Crippen MR) is 138 cm³/mol. The normalized spacial score (nSPS) is 15.3. The van der Waals surface area contributed by atoms with E-state index in [2.05, 4.69) is 15.6 Å². The summed E-state index contributed by atoms with van der Waals surface area (Å²) in [5, 5.41) is 6.59. The second kappa shape index (κ2) is 11.1. The van der Waals surface area contributed by atoms with Crippen LogP contribution in [0, 0.1) is 5.92 Å². The van der Waals surface area contributed by atoms with Gasteiger partial charge in [-0.05, 0) is 37.0 Å². The number of piperidine rings is 1. The summed E-state index contributed by atoms with van der Waals surface area (Å²) in [4.78, 5) is 45.9. The molecule has 2 aromatic rings. The summed E-state index contributed by atoms with van der Waals surface area (Å²) in [5.74, 6) is 0.243. The van der Waals surface area contributed by atoms with Gasteiger partial charge in [0.25, 0.3) is 11.8 Å². The summed E-state index contributed by atoms with van der Waals surface area (Å²) in [6, 6.07) is 7.23. The highest BCUT2D eigenvalue weighted by molar-refractivity contribution is 6.00. The SMILES string of the molecule is CC(=O)N1CCC[C@H](CNc2cc(Nc3ccc(C(=O)N(C)C)c(N(C)C)c3)ncc2C(N)=O)C1. The molecule has 0 unspecified atom stereocenters. The molecule has 1 aliphatic heterocycles. The van der Waals surface area contributed by atoms with Crippen LogP contribution in [0.15, 0.2) is 30.5 Å². The number of pyridine rings is 1. The van der Waals surface area contributed by atoms with E-state index in [0.717, 1.165) is 30.8 Å². The van der Waals surface area contributed by atoms with Crippen molar-refractivity contribution in [2.24, 2.45) is 11.7 Å². The Bertz CT molecular complexity index is 1100. The van der Waals surface area contributed by atoms with E-state index in [-0.39, 0.29) is 17.7 Å². The Hall–Kier alpha value is -3.82. The first-order chi connectivity index (χ1) is 16.6. The highest BCUT2D eigenvalue weighted by Crippen LogP contribution is 2.28. The van der Waals surface area contributed by atoms with Gasteiger partial charge >= 0.3 is 0 Å². The summed E-state index contributed by atoms with van der Waals surface area (Å²) in [6.07, 6.45) is 3.41. The second-order valence-electron chi connectivity index (χ2n) is 9.28. The van der Waals surface area contributed by atoms with Gasteiger partial charge in [-0.3, -0.25) is 14.4 Å². The van der Waals surface area contributed by atoms with Gasteiger partial charge in [-0.15, -0.1) is 0 Å². The van der Waals surface area contributed by atoms with E-state index >= 15 is 0 Å². The van der Waals surface area contributed by atoms with Gasteiger partial charge in [-0.2, -0.15) is 0 Å². The highest BCUT2D eigenvalue weighted by Gasteiger charge is 2.22. The van der Waals surface area contributed by atoms with E-state index in [1.165, 1.54) is 6.20 Å². The minimum absolute atomic E-state index is 0.0817. The van der Waals surface area contributed by atoms with Gasteiger partial charge in [0.05, 0.1) is 22.5 Å². The van der Waals surface area contributed by atoms with Crippen LogP contribution in [0.1, 0.15) is 40.5 Å². The average molecular weight is 482 g/mol. The van der Waals surface area contributed by atoms with Crippen LogP contribution in [0.5, 0.6) is 0 Å². The average Bonchev–Trinajstić information content (AvgIpc) is 2.82. The van der Waals surface area contributed by atoms with Crippen molar-refractivity contribution in [1.82, 2.24) is 14.8 Å². The quantitative estimate of drug-likeness (QED) is 0.529. The van der Waals surface area contributed by atoms with Crippen molar-refractivity contribution in [1.29, 1.82) is 0 Å². The number of aromatic nitrogens is 1. The smallest absolute Gasteiger partial charge is 0.255 e. The number of primary amides is 1. The number of nitrogens with one attached hydrogen (secondary N) is 2. The number of likely N-dealkylation sites (tertiary alicyclic amines) is 1. The first kappa shape index (κ1) is 25.8. The van der Waals surface area contributed by atoms with Gasteiger partial charge in [0.15, 0.2) is 0 Å². The van der Waals surface area contributed by atoms with Gasteiger partial charge in [0.1, 0.15) is 5.82 Å². The first-order valence-electron chi connectivity index (χ1n) is 11.7. The molecule has 2 heterocycles. The van der Waals surface area contributed by atoms with Gasteiger partial charge in [-0.25, -0.2) is 4.98 Å². The molecule has 35 heavy (non-hydrogen) atoms. The molecular weight excluding hydrogens is 446 g/mol. The fraction of sp³-hybridized carbons (Fsp3) is 0.440. The highest BCUT2D eigenvalue weighted by atomic mass is 16.2. The van der Waals surface area contributed by atoms with Crippen LogP contribution in [0.25, 0.3) is 0 Å². The number of hydrogen-bond donors (Lipinski definition) is 3. The third-order valence-corrected chi connectivity index (χ3v) is 6.10. The lowest BCUT2D eigenvalue weighted by atomic mass is 9.97. The van der Waals surface area contributed by atoms with E-state index in [1.807, 2.05) is 36.0 Å². The molecule has 188 valence electrons. The van der Waals surface area contributed by atoms with E-state index in [4.69, 9.17) is 5.73 Å². The van der Waals surface area contributed by atoms with Crippen LogP contribution < -0.4 is 21.3 Å². The van der Waals surface area contributed by atoms with Crippen LogP contribution in [0.4, 0.5) is 22.9 Å². The van der Waals surface area contributed by atoms with Crippen LogP contribution >= 0.6 is 0 Å². The maximum Gasteiger partial charge on any atom is 0.255 e. The molecule has 0 aliphatic carbocycles. The van der Waals surface area contributed by atoms with Crippen molar-refractivity contribution in [3.63, 3.8) is 0 Å². The van der Waals surface area contributed by atoms with Crippen LogP contribution in [0.2, 0.25) is 0 Å². The zero-order chi connectivity index (χ0) is 25.7. The number of carbonyl (C=O) groups is 3. The van der Waals surface area contributed by atoms with E-state index in [0.29, 0.717) is 35.7 Å². The lowest BCUT2D eigenvalue weighted by Gasteiger charge is -2.32. The number of amides is 3. The van der Waals surface area contributed by atoms with Crippen LogP contribution in [0.3, 0.4) is 0 Å². The van der Waals surface area contributed by atoms with E-state index in [9.17, 15) is 14.4 Å². The molecule has 1 atom stereocenters. The van der Waals surface area contributed by atoms with Crippen LogP contribution in [-0.4, -0.2) is 80.3 Å². The summed E-state index contributed by atoms with van der Waals surface area (Å²) < 4.78 is 0. The lowest BCUT2D eigenvalue weighted by molar-refractivity contribution is -0.130. The predicted octanol–water partition coefficient (Wildman–Crippen LogP) is 2.36. The Labute approximate surface area is 206 Å². The van der Waals surface area contributed by atoms with Crippen molar-refractivity contribution < 1.29 is 14.4 Å². The number of benzene rings is 1. The largest absolute Gasteiger partial charge is 0.384 e. The third kappa shape index (κ3) is 6.40. The topological polar surface area (TPSA) is 124 Å². The molecule has 1 fully saturated rings. The van der Waals surface area contributed by atoms with Crippen molar-refractivity contribution in [3.05, 3.63) is 41.6 Å². The van der Waals surface area contributed by atoms with Crippen molar-refractivity contribution in [3.8, 4) is 0 Å². The third-order valence-electron chi connectivity index (χ3n) is 6.10. The minimum atomic E-state index is -0.568. The molecule has 1 aliphatic rings. The Morgan fingerprint density at radius 3 is 2.51 bits per heavy atom. The van der Waals surface area contributed by atoms with Gasteiger partial charge < -0.3 is 31.1 Å². The molecule has 10 heteroatoms. The Morgan fingerprint density at radius 2 is 1.89 bits per heavy atom. The fourth-order valence-electron chi connectivity index (χ4n) is 4.19.